The molecule has 0 aliphatic heterocycles. The highest BCUT2D eigenvalue weighted by atomic mass is 19.1. The minimum atomic E-state index is -0.256. The van der Waals surface area contributed by atoms with E-state index in [9.17, 15) is 4.39 Å². The molecule has 0 bridgehead atoms. The molecule has 2 heteroatoms. The first kappa shape index (κ1) is 6.08. The van der Waals surface area contributed by atoms with Gasteiger partial charge in [-0.1, -0.05) is 0 Å². The molecule has 0 aliphatic rings. The van der Waals surface area contributed by atoms with Crippen LogP contribution in [0.2, 0.25) is 0 Å². The predicted octanol–water partition coefficient (Wildman–Crippen LogP) is 1.91. The molecule has 0 aromatic heterocycles. The lowest BCUT2D eigenvalue weighted by molar-refractivity contribution is 0.628. The molecular formula is C7H6FN. The largest absolute Gasteiger partial charge is 0.378 e. The SMILES string of the molecule is [CH]Nc1ccc(F)cc1. The molecule has 46 valence electrons. The number of halogens is 1. The van der Waals surface area contributed by atoms with Crippen LogP contribution < -0.4 is 5.32 Å². The van der Waals surface area contributed by atoms with Crippen LogP contribution >= 0.6 is 0 Å². The fourth-order valence-electron chi connectivity index (χ4n) is 0.546. The van der Waals surface area contributed by atoms with E-state index in [0.29, 0.717) is 5.69 Å². The zero-order valence-electron chi connectivity index (χ0n) is 4.76. The van der Waals surface area contributed by atoms with Crippen molar-refractivity contribution in [2.24, 2.45) is 0 Å². The predicted molar refractivity (Wildman–Crippen MR) is 34.3 cm³/mol. The maximum Gasteiger partial charge on any atom is 0.123 e. The average molecular weight is 123 g/mol. The molecule has 0 saturated heterocycles. The lowest BCUT2D eigenvalue weighted by Gasteiger charge is -1.95. The number of hydrogen-bond donors (Lipinski definition) is 1. The fraction of sp³-hybridized carbons (Fsp3) is 0. The number of rotatable bonds is 1. The van der Waals surface area contributed by atoms with Crippen molar-refractivity contribution in [2.75, 3.05) is 5.32 Å². The van der Waals surface area contributed by atoms with Crippen molar-refractivity contribution in [3.05, 3.63) is 37.1 Å². The summed E-state index contributed by atoms with van der Waals surface area (Å²) in [7, 11) is 5.03. The minimum Gasteiger partial charge on any atom is -0.378 e. The van der Waals surface area contributed by atoms with Gasteiger partial charge in [-0.15, -0.1) is 0 Å². The van der Waals surface area contributed by atoms with Crippen LogP contribution in [0, 0.1) is 12.9 Å². The summed E-state index contributed by atoms with van der Waals surface area (Å²) in [5.41, 5.74) is 0.705. The molecule has 0 spiro atoms. The maximum atomic E-state index is 12.2. The van der Waals surface area contributed by atoms with Gasteiger partial charge in [-0.25, -0.2) is 4.39 Å². The van der Waals surface area contributed by atoms with Crippen molar-refractivity contribution in [2.45, 2.75) is 0 Å². The normalized spacial score (nSPS) is 9.11. The van der Waals surface area contributed by atoms with Crippen LogP contribution in [-0.4, -0.2) is 0 Å². The second kappa shape index (κ2) is 2.49. The van der Waals surface area contributed by atoms with E-state index in [1.165, 1.54) is 12.1 Å². The highest BCUT2D eigenvalue weighted by Gasteiger charge is 1.87. The first-order chi connectivity index (χ1) is 4.33. The van der Waals surface area contributed by atoms with E-state index < -0.39 is 0 Å². The Balaban J connectivity index is 2.88. The molecule has 1 nitrogen and oxygen atoms in total. The van der Waals surface area contributed by atoms with E-state index in [0.717, 1.165) is 0 Å². The summed E-state index contributed by atoms with van der Waals surface area (Å²) in [6.45, 7) is 0. The zero-order valence-corrected chi connectivity index (χ0v) is 4.76. The Bertz CT molecular complexity index is 181. The van der Waals surface area contributed by atoms with E-state index in [4.69, 9.17) is 7.05 Å². The van der Waals surface area contributed by atoms with E-state index in [-0.39, 0.29) is 5.82 Å². The van der Waals surface area contributed by atoms with Gasteiger partial charge in [0.15, 0.2) is 0 Å². The minimum absolute atomic E-state index is 0.256. The lowest BCUT2D eigenvalue weighted by atomic mass is 10.3. The standard InChI is InChI=1S/C7H6FN/c1-9-7-4-2-6(8)3-5-7/h1-5,9H. The van der Waals surface area contributed by atoms with Crippen molar-refractivity contribution in [3.63, 3.8) is 0 Å². The molecule has 0 amide bonds. The molecule has 2 radical (unpaired) electrons. The van der Waals surface area contributed by atoms with Crippen molar-refractivity contribution in [1.82, 2.24) is 0 Å². The topological polar surface area (TPSA) is 12.0 Å². The Morgan fingerprint density at radius 1 is 1.22 bits per heavy atom. The van der Waals surface area contributed by atoms with Crippen LogP contribution in [0.4, 0.5) is 10.1 Å². The molecule has 0 fully saturated rings. The monoisotopic (exact) mass is 123 g/mol. The summed E-state index contributed by atoms with van der Waals surface area (Å²) in [6.07, 6.45) is 0. The van der Waals surface area contributed by atoms with E-state index in [1.807, 2.05) is 0 Å². The molecule has 1 aromatic carbocycles. The first-order valence-electron chi connectivity index (χ1n) is 2.55. The van der Waals surface area contributed by atoms with E-state index in [1.54, 1.807) is 12.1 Å². The third-order valence-corrected chi connectivity index (χ3v) is 1.01. The van der Waals surface area contributed by atoms with Crippen molar-refractivity contribution >= 4 is 5.69 Å². The quantitative estimate of drug-likeness (QED) is 0.562. The Labute approximate surface area is 53.5 Å². The number of benzene rings is 1. The molecule has 0 aliphatic carbocycles. The van der Waals surface area contributed by atoms with Crippen LogP contribution in [0.3, 0.4) is 0 Å². The van der Waals surface area contributed by atoms with Gasteiger partial charge in [0.1, 0.15) is 5.82 Å². The third kappa shape index (κ3) is 1.42. The zero-order chi connectivity index (χ0) is 6.69. The second-order valence-corrected chi connectivity index (χ2v) is 1.65. The van der Waals surface area contributed by atoms with Gasteiger partial charge in [0.05, 0.1) is 7.05 Å². The Morgan fingerprint density at radius 3 is 2.22 bits per heavy atom. The molecule has 1 aromatic rings. The molecule has 0 atom stereocenters. The van der Waals surface area contributed by atoms with Crippen LogP contribution in [0.1, 0.15) is 0 Å². The van der Waals surface area contributed by atoms with Gasteiger partial charge in [-0.05, 0) is 24.3 Å². The van der Waals surface area contributed by atoms with Crippen molar-refractivity contribution in [1.29, 1.82) is 0 Å². The smallest absolute Gasteiger partial charge is 0.123 e. The molecule has 1 rings (SSSR count). The van der Waals surface area contributed by atoms with Crippen molar-refractivity contribution < 1.29 is 4.39 Å². The Hall–Kier alpha value is -1.05. The van der Waals surface area contributed by atoms with Gasteiger partial charge in [0, 0.05) is 5.69 Å². The molecule has 1 N–H and O–H groups in total. The Kier molecular flexibility index (Phi) is 1.68. The van der Waals surface area contributed by atoms with E-state index >= 15 is 0 Å². The van der Waals surface area contributed by atoms with Crippen LogP contribution in [0.25, 0.3) is 0 Å². The first-order valence-corrected chi connectivity index (χ1v) is 2.55. The van der Waals surface area contributed by atoms with Crippen LogP contribution in [0.15, 0.2) is 24.3 Å². The molecule has 0 unspecified atom stereocenters. The summed E-state index contributed by atoms with van der Waals surface area (Å²) in [5, 5.41) is 2.39. The highest BCUT2D eigenvalue weighted by molar-refractivity contribution is 5.42. The lowest BCUT2D eigenvalue weighted by Crippen LogP contribution is -1.82. The third-order valence-electron chi connectivity index (χ3n) is 1.01. The average Bonchev–Trinajstić information content (AvgIpc) is 1.90. The van der Waals surface area contributed by atoms with E-state index in [2.05, 4.69) is 5.32 Å². The fourth-order valence-corrected chi connectivity index (χ4v) is 0.546. The van der Waals surface area contributed by atoms with Gasteiger partial charge in [-0.2, -0.15) is 0 Å². The van der Waals surface area contributed by atoms with Gasteiger partial charge in [0.25, 0.3) is 0 Å². The van der Waals surface area contributed by atoms with Gasteiger partial charge >= 0.3 is 0 Å². The molecule has 9 heavy (non-hydrogen) atoms. The summed E-state index contributed by atoms with van der Waals surface area (Å²) < 4.78 is 12.2. The summed E-state index contributed by atoms with van der Waals surface area (Å²) >= 11 is 0. The summed E-state index contributed by atoms with van der Waals surface area (Å²) in [6, 6.07) is 5.81. The highest BCUT2D eigenvalue weighted by Crippen LogP contribution is 2.06. The van der Waals surface area contributed by atoms with Gasteiger partial charge < -0.3 is 5.32 Å². The number of nitrogens with one attached hydrogen (secondary N) is 1. The summed E-state index contributed by atoms with van der Waals surface area (Å²) in [5.74, 6) is -0.256. The Morgan fingerprint density at radius 2 is 1.78 bits per heavy atom. The van der Waals surface area contributed by atoms with Gasteiger partial charge in [-0.3, -0.25) is 0 Å². The maximum absolute atomic E-state index is 12.2. The van der Waals surface area contributed by atoms with Crippen molar-refractivity contribution in [3.8, 4) is 0 Å². The second-order valence-electron chi connectivity index (χ2n) is 1.65. The molecule has 0 heterocycles. The number of hydrogen-bond acceptors (Lipinski definition) is 1. The van der Waals surface area contributed by atoms with Crippen LogP contribution in [-0.2, 0) is 0 Å². The summed E-state index contributed by atoms with van der Waals surface area (Å²) in [4.78, 5) is 0. The molecule has 0 saturated carbocycles. The number of anilines is 1. The molecular weight excluding hydrogens is 117 g/mol. The van der Waals surface area contributed by atoms with Crippen LogP contribution in [0.5, 0.6) is 0 Å². The van der Waals surface area contributed by atoms with Gasteiger partial charge in [0.2, 0.25) is 0 Å².